The van der Waals surface area contributed by atoms with Gasteiger partial charge in [-0.1, -0.05) is 42.5 Å². The number of rotatable bonds is 4. The maximum Gasteiger partial charge on any atom is 0.349 e. The monoisotopic (exact) mass is 303 g/mol. The van der Waals surface area contributed by atoms with Gasteiger partial charge in [0.2, 0.25) is 0 Å². The highest BCUT2D eigenvalue weighted by atomic mass is 35.5. The first-order valence-corrected chi connectivity index (χ1v) is 6.93. The molecule has 1 aromatic carbocycles. The molecule has 0 N–H and O–H groups in total. The van der Waals surface area contributed by atoms with Crippen LogP contribution in [0.2, 0.25) is 5.02 Å². The summed E-state index contributed by atoms with van der Waals surface area (Å²) >= 11 is 7.68. The quantitative estimate of drug-likeness (QED) is 0.368. The van der Waals surface area contributed by atoms with Gasteiger partial charge in [-0.25, -0.2) is 4.79 Å². The highest BCUT2D eigenvalue weighted by molar-refractivity contribution is 7.20. The van der Waals surface area contributed by atoms with Gasteiger partial charge in [-0.05, 0) is 12.1 Å². The van der Waals surface area contributed by atoms with Crippen LogP contribution >= 0.6 is 22.9 Å². The minimum absolute atomic E-state index is 0.0675. The van der Waals surface area contributed by atoms with Crippen LogP contribution in [0.4, 0.5) is 0 Å². The van der Waals surface area contributed by atoms with Gasteiger partial charge >= 0.3 is 5.97 Å². The van der Waals surface area contributed by atoms with E-state index in [2.05, 4.69) is 6.58 Å². The molecule has 0 saturated heterocycles. The summed E-state index contributed by atoms with van der Waals surface area (Å²) in [6.45, 7) is 3.51. The first-order valence-electron chi connectivity index (χ1n) is 5.74. The molecule has 5 heteroatoms. The molecule has 0 aliphatic heterocycles. The van der Waals surface area contributed by atoms with Gasteiger partial charge in [-0.3, -0.25) is 0 Å². The first-order chi connectivity index (χ1) is 9.67. The fourth-order valence-corrected chi connectivity index (χ4v) is 3.04. The number of benzene rings is 1. The molecule has 2 rings (SSSR count). The zero-order valence-corrected chi connectivity index (χ0v) is 12.0. The van der Waals surface area contributed by atoms with Crippen LogP contribution in [-0.2, 0) is 9.53 Å². The Bertz CT molecular complexity index is 740. The Morgan fingerprint density at radius 2 is 2.25 bits per heavy atom. The predicted molar refractivity (Wildman–Crippen MR) is 81.6 cm³/mol. The molecule has 20 heavy (non-hydrogen) atoms. The van der Waals surface area contributed by atoms with E-state index in [-0.39, 0.29) is 12.2 Å². The molecule has 0 spiro atoms. The van der Waals surface area contributed by atoms with Gasteiger partial charge in [0, 0.05) is 15.0 Å². The van der Waals surface area contributed by atoms with E-state index in [0.29, 0.717) is 9.90 Å². The highest BCUT2D eigenvalue weighted by Gasteiger charge is 2.14. The van der Waals surface area contributed by atoms with Crippen LogP contribution in [0.1, 0.15) is 4.88 Å². The summed E-state index contributed by atoms with van der Waals surface area (Å²) in [6.07, 6.45) is 2.90. The Hall–Kier alpha value is -2.09. The number of fused-ring (bicyclic) bond motifs is 1. The van der Waals surface area contributed by atoms with Crippen molar-refractivity contribution in [3.8, 4) is 6.07 Å². The average molecular weight is 304 g/mol. The van der Waals surface area contributed by atoms with Crippen LogP contribution < -0.4 is 0 Å². The summed E-state index contributed by atoms with van der Waals surface area (Å²) in [7, 11) is 0. The van der Waals surface area contributed by atoms with Gasteiger partial charge < -0.3 is 4.74 Å². The SMILES string of the molecule is C=CCOC(=O)C(C#N)=Cc1sc2ccccc2c1Cl. The van der Waals surface area contributed by atoms with Crippen LogP contribution in [0.25, 0.3) is 16.2 Å². The Labute approximate surface area is 125 Å². The summed E-state index contributed by atoms with van der Waals surface area (Å²) in [5, 5.41) is 10.5. The number of carbonyl (C=O) groups is 1. The molecule has 0 aliphatic rings. The van der Waals surface area contributed by atoms with Crippen LogP contribution in [0, 0.1) is 11.3 Å². The number of thiophene rings is 1. The first kappa shape index (κ1) is 14.3. The van der Waals surface area contributed by atoms with E-state index < -0.39 is 5.97 Å². The lowest BCUT2D eigenvalue weighted by atomic mass is 10.2. The second-order valence-electron chi connectivity index (χ2n) is 3.83. The smallest absolute Gasteiger partial charge is 0.349 e. The fourth-order valence-electron chi connectivity index (χ4n) is 1.61. The van der Waals surface area contributed by atoms with Crippen LogP contribution in [0.15, 0.2) is 42.5 Å². The third kappa shape index (κ3) is 2.90. The third-order valence-corrected chi connectivity index (χ3v) is 4.14. The van der Waals surface area contributed by atoms with Crippen molar-refractivity contribution >= 4 is 45.1 Å². The number of nitriles is 1. The number of hydrogen-bond donors (Lipinski definition) is 0. The van der Waals surface area contributed by atoms with E-state index in [4.69, 9.17) is 21.6 Å². The summed E-state index contributed by atoms with van der Waals surface area (Å²) in [5.41, 5.74) is -0.0830. The van der Waals surface area contributed by atoms with Crippen LogP contribution in [0.3, 0.4) is 0 Å². The summed E-state index contributed by atoms with van der Waals surface area (Å²) in [4.78, 5) is 12.3. The number of ether oxygens (including phenoxy) is 1. The molecule has 0 atom stereocenters. The molecular weight excluding hydrogens is 294 g/mol. The van der Waals surface area contributed by atoms with Crippen LogP contribution in [-0.4, -0.2) is 12.6 Å². The lowest BCUT2D eigenvalue weighted by Crippen LogP contribution is -2.06. The highest BCUT2D eigenvalue weighted by Crippen LogP contribution is 2.36. The number of halogens is 1. The molecule has 0 bridgehead atoms. The minimum atomic E-state index is -0.680. The lowest BCUT2D eigenvalue weighted by molar-refractivity contribution is -0.137. The molecule has 0 aliphatic carbocycles. The van der Waals surface area contributed by atoms with Crippen molar-refractivity contribution in [1.29, 1.82) is 5.26 Å². The zero-order chi connectivity index (χ0) is 14.5. The summed E-state index contributed by atoms with van der Waals surface area (Å²) in [5.74, 6) is -0.680. The maximum atomic E-state index is 11.7. The Morgan fingerprint density at radius 3 is 2.90 bits per heavy atom. The van der Waals surface area contributed by atoms with Gasteiger partial charge in [0.15, 0.2) is 0 Å². The normalized spacial score (nSPS) is 11.1. The molecule has 1 aromatic heterocycles. The molecule has 100 valence electrons. The van der Waals surface area contributed by atoms with Crippen molar-refractivity contribution in [2.24, 2.45) is 0 Å². The van der Waals surface area contributed by atoms with Crippen molar-refractivity contribution in [3.05, 3.63) is 52.4 Å². The zero-order valence-electron chi connectivity index (χ0n) is 10.4. The second kappa shape index (κ2) is 6.38. The topological polar surface area (TPSA) is 50.1 Å². The largest absolute Gasteiger partial charge is 0.457 e. The lowest BCUT2D eigenvalue weighted by Gasteiger charge is -1.99. The molecular formula is C15H10ClNO2S. The van der Waals surface area contributed by atoms with Crippen molar-refractivity contribution < 1.29 is 9.53 Å². The molecule has 0 amide bonds. The Morgan fingerprint density at radius 1 is 1.50 bits per heavy atom. The van der Waals surface area contributed by atoms with Crippen molar-refractivity contribution in [1.82, 2.24) is 0 Å². The van der Waals surface area contributed by atoms with Gasteiger partial charge in [0.1, 0.15) is 18.2 Å². The van der Waals surface area contributed by atoms with Gasteiger partial charge in [0.05, 0.1) is 5.02 Å². The van der Waals surface area contributed by atoms with E-state index in [9.17, 15) is 4.79 Å². The molecule has 0 unspecified atom stereocenters. The summed E-state index contributed by atoms with van der Waals surface area (Å²) < 4.78 is 5.84. The van der Waals surface area contributed by atoms with E-state index in [0.717, 1.165) is 10.1 Å². The number of hydrogen-bond acceptors (Lipinski definition) is 4. The maximum absolute atomic E-state index is 11.7. The molecule has 3 nitrogen and oxygen atoms in total. The third-order valence-electron chi connectivity index (χ3n) is 2.51. The van der Waals surface area contributed by atoms with E-state index in [1.165, 1.54) is 23.5 Å². The molecule has 0 fully saturated rings. The van der Waals surface area contributed by atoms with Gasteiger partial charge in [-0.2, -0.15) is 5.26 Å². The standard InChI is InChI=1S/C15H10ClNO2S/c1-2-7-19-15(18)10(9-17)8-13-14(16)11-5-3-4-6-12(11)20-13/h2-6,8H,1,7H2. The minimum Gasteiger partial charge on any atom is -0.457 e. The van der Waals surface area contributed by atoms with E-state index in [1.54, 1.807) is 0 Å². The van der Waals surface area contributed by atoms with Crippen molar-refractivity contribution in [2.75, 3.05) is 6.61 Å². The molecule has 2 aromatic rings. The van der Waals surface area contributed by atoms with E-state index >= 15 is 0 Å². The van der Waals surface area contributed by atoms with Crippen molar-refractivity contribution in [2.45, 2.75) is 0 Å². The number of esters is 1. The summed E-state index contributed by atoms with van der Waals surface area (Å²) in [6, 6.07) is 9.46. The van der Waals surface area contributed by atoms with Crippen LogP contribution in [0.5, 0.6) is 0 Å². The van der Waals surface area contributed by atoms with Gasteiger partial charge in [-0.15, -0.1) is 11.3 Å². The second-order valence-corrected chi connectivity index (χ2v) is 5.30. The average Bonchev–Trinajstić information content (AvgIpc) is 2.79. The van der Waals surface area contributed by atoms with Gasteiger partial charge in [0.25, 0.3) is 0 Å². The molecule has 1 heterocycles. The van der Waals surface area contributed by atoms with E-state index in [1.807, 2.05) is 30.3 Å². The fraction of sp³-hybridized carbons (Fsp3) is 0.0667. The predicted octanol–water partition coefficient (Wildman–Crippen LogP) is 4.19. The molecule has 0 radical (unpaired) electrons. The number of carbonyl (C=O) groups excluding carboxylic acids is 1. The van der Waals surface area contributed by atoms with Crippen molar-refractivity contribution in [3.63, 3.8) is 0 Å². The molecule has 0 saturated carbocycles. The number of nitrogens with zero attached hydrogens (tertiary/aromatic N) is 1. The Kier molecular flexibility index (Phi) is 4.57. The Balaban J connectivity index is 2.40.